The van der Waals surface area contributed by atoms with E-state index >= 15 is 0 Å². The highest BCUT2D eigenvalue weighted by Gasteiger charge is 2.47. The molecular formula is C9H15FN2O4S. The first-order valence-electron chi connectivity index (χ1n) is 4.74. The predicted molar refractivity (Wildman–Crippen MR) is 61.2 cm³/mol. The Labute approximate surface area is 102 Å². The van der Waals surface area contributed by atoms with Gasteiger partial charge in [0.25, 0.3) is 0 Å². The van der Waals surface area contributed by atoms with Gasteiger partial charge in [0.05, 0.1) is 5.25 Å². The fourth-order valence-electron chi connectivity index (χ4n) is 1.23. The van der Waals surface area contributed by atoms with Crippen LogP contribution in [0, 0.1) is 0 Å². The largest absolute Gasteiger partial charge is 0.479 e. The molecule has 0 saturated heterocycles. The van der Waals surface area contributed by atoms with E-state index in [0.717, 1.165) is 0 Å². The van der Waals surface area contributed by atoms with Crippen LogP contribution in [0.4, 0.5) is 4.39 Å². The van der Waals surface area contributed by atoms with Crippen LogP contribution in [0.3, 0.4) is 0 Å². The lowest BCUT2D eigenvalue weighted by molar-refractivity contribution is -0.148. The Morgan fingerprint density at radius 2 is 1.94 bits per heavy atom. The standard InChI is InChI=1S/C9H15FN2O4S/c1-4(17-5(2)13)7(14)9(12,3-11)6(10)8(15)16/h4,6H,3,11-12H2,1-2H3,(H,15,16). The summed E-state index contributed by atoms with van der Waals surface area (Å²) < 4.78 is 13.4. The van der Waals surface area contributed by atoms with Crippen LogP contribution in [0.5, 0.6) is 0 Å². The van der Waals surface area contributed by atoms with Crippen LogP contribution in [-0.4, -0.2) is 45.5 Å². The third kappa shape index (κ3) is 3.76. The number of carboxylic acids is 1. The van der Waals surface area contributed by atoms with Gasteiger partial charge in [0.2, 0.25) is 6.17 Å². The molecule has 3 atom stereocenters. The van der Waals surface area contributed by atoms with E-state index in [1.54, 1.807) is 0 Å². The molecule has 0 saturated carbocycles. The van der Waals surface area contributed by atoms with Crippen molar-refractivity contribution < 1.29 is 23.9 Å². The van der Waals surface area contributed by atoms with E-state index in [2.05, 4.69) is 0 Å². The summed E-state index contributed by atoms with van der Waals surface area (Å²) in [6.07, 6.45) is -2.60. The highest BCUT2D eigenvalue weighted by Crippen LogP contribution is 2.21. The molecule has 0 aromatic rings. The number of nitrogens with two attached hydrogens (primary N) is 2. The van der Waals surface area contributed by atoms with Crippen LogP contribution < -0.4 is 11.5 Å². The molecule has 0 aliphatic carbocycles. The van der Waals surface area contributed by atoms with Crippen LogP contribution in [0.25, 0.3) is 0 Å². The molecule has 8 heteroatoms. The summed E-state index contributed by atoms with van der Waals surface area (Å²) in [6, 6.07) is 0. The Bertz CT molecular complexity index is 339. The lowest BCUT2D eigenvalue weighted by Crippen LogP contribution is -2.64. The normalized spacial score (nSPS) is 17.9. The lowest BCUT2D eigenvalue weighted by Gasteiger charge is -2.29. The first kappa shape index (κ1) is 16.0. The van der Waals surface area contributed by atoms with Crippen molar-refractivity contribution in [1.82, 2.24) is 0 Å². The zero-order chi connectivity index (χ0) is 13.8. The van der Waals surface area contributed by atoms with Crippen molar-refractivity contribution in [2.75, 3.05) is 6.54 Å². The van der Waals surface area contributed by atoms with Crippen molar-refractivity contribution in [3.05, 3.63) is 0 Å². The van der Waals surface area contributed by atoms with Crippen LogP contribution in [-0.2, 0) is 14.4 Å². The van der Waals surface area contributed by atoms with Crippen LogP contribution in [0.15, 0.2) is 0 Å². The van der Waals surface area contributed by atoms with Crippen LogP contribution >= 0.6 is 11.8 Å². The highest BCUT2D eigenvalue weighted by molar-refractivity contribution is 8.14. The molecule has 0 spiro atoms. The van der Waals surface area contributed by atoms with Crippen molar-refractivity contribution in [1.29, 1.82) is 0 Å². The Hall–Kier alpha value is -0.990. The Balaban J connectivity index is 5.04. The molecule has 0 aliphatic heterocycles. The molecule has 3 unspecified atom stereocenters. The van der Waals surface area contributed by atoms with Crippen LogP contribution in [0.2, 0.25) is 0 Å². The van der Waals surface area contributed by atoms with Crippen molar-refractivity contribution in [3.63, 3.8) is 0 Å². The number of hydrogen-bond acceptors (Lipinski definition) is 6. The zero-order valence-electron chi connectivity index (χ0n) is 9.47. The molecule has 0 aliphatic rings. The summed E-state index contributed by atoms with van der Waals surface area (Å²) in [5.41, 5.74) is 8.27. The van der Waals surface area contributed by atoms with Crippen molar-refractivity contribution >= 4 is 28.6 Å². The quantitative estimate of drug-likeness (QED) is 0.581. The Morgan fingerprint density at radius 1 is 1.47 bits per heavy atom. The van der Waals surface area contributed by atoms with Gasteiger partial charge in [-0.3, -0.25) is 9.59 Å². The molecule has 0 amide bonds. The average molecular weight is 266 g/mol. The number of halogens is 1. The van der Waals surface area contributed by atoms with Gasteiger partial charge in [0.1, 0.15) is 5.54 Å². The van der Waals surface area contributed by atoms with Crippen molar-refractivity contribution in [2.24, 2.45) is 11.5 Å². The summed E-state index contributed by atoms with van der Waals surface area (Å²) in [4.78, 5) is 33.1. The number of hydrogen-bond donors (Lipinski definition) is 3. The minimum atomic E-state index is -2.60. The Morgan fingerprint density at radius 3 is 2.24 bits per heavy atom. The van der Waals surface area contributed by atoms with E-state index in [0.29, 0.717) is 11.8 Å². The fourth-order valence-corrected chi connectivity index (χ4v) is 2.05. The number of alkyl halides is 1. The lowest BCUT2D eigenvalue weighted by atomic mass is 9.88. The van der Waals surface area contributed by atoms with E-state index in [9.17, 15) is 18.8 Å². The van der Waals surface area contributed by atoms with Crippen LogP contribution in [0.1, 0.15) is 13.8 Å². The van der Waals surface area contributed by atoms with Gasteiger partial charge in [-0.25, -0.2) is 9.18 Å². The number of aliphatic carboxylic acids is 1. The molecule has 0 heterocycles. The smallest absolute Gasteiger partial charge is 0.340 e. The fraction of sp³-hybridized carbons (Fsp3) is 0.667. The maximum Gasteiger partial charge on any atom is 0.340 e. The molecule has 0 aromatic heterocycles. The molecule has 17 heavy (non-hydrogen) atoms. The maximum atomic E-state index is 13.4. The summed E-state index contributed by atoms with van der Waals surface area (Å²) in [7, 11) is 0. The third-order valence-electron chi connectivity index (χ3n) is 2.18. The van der Waals surface area contributed by atoms with Gasteiger partial charge in [0, 0.05) is 13.5 Å². The van der Waals surface area contributed by atoms with Gasteiger partial charge < -0.3 is 16.6 Å². The number of carbonyl (C=O) groups excluding carboxylic acids is 2. The van der Waals surface area contributed by atoms with Gasteiger partial charge >= 0.3 is 5.97 Å². The summed E-state index contributed by atoms with van der Waals surface area (Å²) in [6.45, 7) is 1.93. The summed E-state index contributed by atoms with van der Waals surface area (Å²) >= 11 is 0.650. The molecule has 0 rings (SSSR count). The summed E-state index contributed by atoms with van der Waals surface area (Å²) in [5.74, 6) is -2.75. The molecule has 0 aromatic carbocycles. The van der Waals surface area contributed by atoms with E-state index in [-0.39, 0.29) is 5.12 Å². The van der Waals surface area contributed by atoms with Gasteiger partial charge in [0.15, 0.2) is 10.9 Å². The molecule has 6 nitrogen and oxygen atoms in total. The monoisotopic (exact) mass is 266 g/mol. The molecule has 5 N–H and O–H groups in total. The number of Topliss-reactive ketones (excluding diaryl/α,β-unsaturated/α-hetero) is 1. The molecule has 0 bridgehead atoms. The topological polar surface area (TPSA) is 123 Å². The van der Waals surface area contributed by atoms with Gasteiger partial charge in [-0.05, 0) is 6.92 Å². The predicted octanol–water partition coefficient (Wildman–Crippen LogP) is -0.697. The number of thioether (sulfide) groups is 1. The zero-order valence-corrected chi connectivity index (χ0v) is 10.3. The second-order valence-electron chi connectivity index (χ2n) is 3.56. The molecule has 0 fully saturated rings. The maximum absolute atomic E-state index is 13.4. The van der Waals surface area contributed by atoms with Gasteiger partial charge in [-0.2, -0.15) is 0 Å². The minimum absolute atomic E-state index is 0.351. The number of carbonyl (C=O) groups is 3. The first-order valence-corrected chi connectivity index (χ1v) is 5.62. The number of carboxylic acid groups (broad SMARTS) is 1. The van der Waals surface area contributed by atoms with E-state index in [4.69, 9.17) is 16.6 Å². The molecule has 0 radical (unpaired) electrons. The first-order chi connectivity index (χ1) is 7.66. The van der Waals surface area contributed by atoms with E-state index in [1.165, 1.54) is 13.8 Å². The van der Waals surface area contributed by atoms with Crippen molar-refractivity contribution in [3.8, 4) is 0 Å². The minimum Gasteiger partial charge on any atom is -0.479 e. The highest BCUT2D eigenvalue weighted by atomic mass is 32.2. The van der Waals surface area contributed by atoms with Gasteiger partial charge in [-0.1, -0.05) is 11.8 Å². The average Bonchev–Trinajstić information content (AvgIpc) is 2.24. The number of ketones is 1. The Kier molecular flexibility index (Phi) is 5.73. The van der Waals surface area contributed by atoms with E-state index < -0.39 is 35.3 Å². The van der Waals surface area contributed by atoms with E-state index in [1.807, 2.05) is 0 Å². The van der Waals surface area contributed by atoms with Gasteiger partial charge in [-0.15, -0.1) is 0 Å². The van der Waals surface area contributed by atoms with Crippen molar-refractivity contribution in [2.45, 2.75) is 30.8 Å². The molecular weight excluding hydrogens is 251 g/mol. The second kappa shape index (κ2) is 6.08. The SMILES string of the molecule is CC(=O)SC(C)C(=O)C(N)(CN)C(F)C(=O)O. The molecule has 98 valence electrons. The third-order valence-corrected chi connectivity index (χ3v) is 3.08. The number of rotatable bonds is 6. The second-order valence-corrected chi connectivity index (χ2v) is 5.08. The summed E-state index contributed by atoms with van der Waals surface area (Å²) in [5, 5.41) is 7.23.